The zero-order chi connectivity index (χ0) is 19.4. The molecular formula is C19H26N6OS. The average molecular weight is 387 g/mol. The van der Waals surface area contributed by atoms with Crippen molar-refractivity contribution >= 4 is 29.3 Å². The first-order valence-electron chi connectivity index (χ1n) is 9.10. The van der Waals surface area contributed by atoms with Crippen molar-refractivity contribution in [3.8, 4) is 10.6 Å². The summed E-state index contributed by atoms with van der Waals surface area (Å²) in [5.74, 6) is 1.30. The van der Waals surface area contributed by atoms with Gasteiger partial charge in [0.05, 0.1) is 17.0 Å². The van der Waals surface area contributed by atoms with Crippen molar-refractivity contribution in [3.05, 3.63) is 28.9 Å². The smallest absolute Gasteiger partial charge is 0.222 e. The maximum atomic E-state index is 9.40. The van der Waals surface area contributed by atoms with Crippen molar-refractivity contribution in [1.29, 1.82) is 0 Å². The second-order valence-corrected chi connectivity index (χ2v) is 7.88. The number of hydrogen-bond donors (Lipinski definition) is 3. The van der Waals surface area contributed by atoms with Gasteiger partial charge in [-0.05, 0) is 32.1 Å². The average Bonchev–Trinajstić information content (AvgIpc) is 3.22. The zero-order valence-electron chi connectivity index (χ0n) is 15.8. The lowest BCUT2D eigenvalue weighted by molar-refractivity contribution is 0.229. The summed E-state index contributed by atoms with van der Waals surface area (Å²) >= 11 is 1.60. The van der Waals surface area contributed by atoms with Crippen LogP contribution < -0.4 is 11.1 Å². The molecule has 1 aliphatic rings. The van der Waals surface area contributed by atoms with Crippen LogP contribution in [0.5, 0.6) is 0 Å². The van der Waals surface area contributed by atoms with Gasteiger partial charge >= 0.3 is 0 Å². The second kappa shape index (κ2) is 8.58. The third-order valence-corrected chi connectivity index (χ3v) is 5.88. The van der Waals surface area contributed by atoms with Crippen LogP contribution in [0.25, 0.3) is 10.6 Å². The molecule has 0 amide bonds. The summed E-state index contributed by atoms with van der Waals surface area (Å²) in [7, 11) is 1.74. The molecule has 1 aliphatic carbocycles. The Hall–Kier alpha value is -2.32. The van der Waals surface area contributed by atoms with Crippen molar-refractivity contribution in [2.45, 2.75) is 38.6 Å². The SMILES string of the molecule is C=CCc1sc(-c2c(C)nc(N)nc2NC2CCC(CO)C2)nc1C=NC. The number of aliphatic imine (C=N–C) groups is 1. The van der Waals surface area contributed by atoms with Crippen LogP contribution >= 0.6 is 11.3 Å². The molecule has 3 rings (SSSR count). The lowest BCUT2D eigenvalue weighted by atomic mass is 10.1. The lowest BCUT2D eigenvalue weighted by Gasteiger charge is -2.17. The highest BCUT2D eigenvalue weighted by molar-refractivity contribution is 7.15. The summed E-state index contributed by atoms with van der Waals surface area (Å²) < 4.78 is 0. The van der Waals surface area contributed by atoms with E-state index in [1.807, 2.05) is 13.0 Å². The Morgan fingerprint density at radius 3 is 2.85 bits per heavy atom. The van der Waals surface area contributed by atoms with Gasteiger partial charge in [-0.2, -0.15) is 4.98 Å². The molecule has 2 aromatic rings. The number of nitrogens with one attached hydrogen (secondary N) is 1. The van der Waals surface area contributed by atoms with Crippen LogP contribution in [0, 0.1) is 12.8 Å². The maximum absolute atomic E-state index is 9.40. The Labute approximate surface area is 163 Å². The van der Waals surface area contributed by atoms with E-state index < -0.39 is 0 Å². The number of nitrogens with zero attached hydrogens (tertiary/aromatic N) is 4. The summed E-state index contributed by atoms with van der Waals surface area (Å²) in [6, 6.07) is 0.263. The Bertz CT molecular complexity index is 847. The van der Waals surface area contributed by atoms with Crippen molar-refractivity contribution < 1.29 is 5.11 Å². The summed E-state index contributed by atoms with van der Waals surface area (Å²) in [4.78, 5) is 18.8. The van der Waals surface area contributed by atoms with E-state index in [0.29, 0.717) is 11.7 Å². The summed E-state index contributed by atoms with van der Waals surface area (Å²) in [5.41, 5.74) is 8.43. The molecule has 4 N–H and O–H groups in total. The van der Waals surface area contributed by atoms with E-state index in [0.717, 1.165) is 52.5 Å². The van der Waals surface area contributed by atoms with Gasteiger partial charge in [-0.25, -0.2) is 9.97 Å². The minimum atomic E-state index is 0.229. The summed E-state index contributed by atoms with van der Waals surface area (Å²) in [5, 5.41) is 13.8. The fourth-order valence-corrected chi connectivity index (χ4v) is 4.62. The van der Waals surface area contributed by atoms with Gasteiger partial charge in [0.25, 0.3) is 0 Å². The van der Waals surface area contributed by atoms with E-state index in [-0.39, 0.29) is 18.6 Å². The maximum Gasteiger partial charge on any atom is 0.222 e. The molecule has 2 atom stereocenters. The van der Waals surface area contributed by atoms with Crippen molar-refractivity contribution in [2.75, 3.05) is 24.7 Å². The molecule has 144 valence electrons. The van der Waals surface area contributed by atoms with E-state index in [4.69, 9.17) is 10.7 Å². The van der Waals surface area contributed by atoms with Crippen LogP contribution in [0.4, 0.5) is 11.8 Å². The molecule has 0 radical (unpaired) electrons. The number of hydrogen-bond acceptors (Lipinski definition) is 8. The van der Waals surface area contributed by atoms with Gasteiger partial charge in [0.1, 0.15) is 10.8 Å². The molecule has 2 heterocycles. The van der Waals surface area contributed by atoms with E-state index in [2.05, 4.69) is 26.9 Å². The topological polar surface area (TPSA) is 109 Å². The monoisotopic (exact) mass is 386 g/mol. The molecule has 7 nitrogen and oxygen atoms in total. The number of anilines is 2. The molecule has 0 spiro atoms. The Morgan fingerprint density at radius 1 is 1.37 bits per heavy atom. The number of nitrogens with two attached hydrogens (primary N) is 1. The highest BCUT2D eigenvalue weighted by Crippen LogP contribution is 2.36. The van der Waals surface area contributed by atoms with Crippen LogP contribution in [-0.2, 0) is 6.42 Å². The van der Waals surface area contributed by atoms with Gasteiger partial charge in [-0.1, -0.05) is 6.08 Å². The highest BCUT2D eigenvalue weighted by atomic mass is 32.1. The van der Waals surface area contributed by atoms with Crippen molar-refractivity contribution in [2.24, 2.45) is 10.9 Å². The normalized spacial score (nSPS) is 19.7. The largest absolute Gasteiger partial charge is 0.396 e. The molecule has 0 saturated heterocycles. The number of aryl methyl sites for hydroxylation is 1. The van der Waals surface area contributed by atoms with Gasteiger partial charge < -0.3 is 16.2 Å². The van der Waals surface area contributed by atoms with Crippen LogP contribution in [0.2, 0.25) is 0 Å². The predicted octanol–water partition coefficient (Wildman–Crippen LogP) is 2.84. The van der Waals surface area contributed by atoms with E-state index >= 15 is 0 Å². The fourth-order valence-electron chi connectivity index (χ4n) is 3.49. The zero-order valence-corrected chi connectivity index (χ0v) is 16.6. The van der Waals surface area contributed by atoms with Gasteiger partial charge in [-0.3, -0.25) is 4.99 Å². The van der Waals surface area contributed by atoms with Gasteiger partial charge in [-0.15, -0.1) is 17.9 Å². The summed E-state index contributed by atoms with van der Waals surface area (Å²) in [6.07, 6.45) is 7.30. The third kappa shape index (κ3) is 4.33. The first-order chi connectivity index (χ1) is 13.0. The number of allylic oxidation sites excluding steroid dienone is 1. The van der Waals surface area contributed by atoms with Gasteiger partial charge in [0.15, 0.2) is 0 Å². The molecule has 2 unspecified atom stereocenters. The quantitative estimate of drug-likeness (QED) is 0.499. The molecule has 27 heavy (non-hydrogen) atoms. The minimum Gasteiger partial charge on any atom is -0.396 e. The Kier molecular flexibility index (Phi) is 6.18. The molecule has 8 heteroatoms. The molecule has 0 aromatic carbocycles. The number of nitrogen functional groups attached to an aromatic ring is 1. The highest BCUT2D eigenvalue weighted by Gasteiger charge is 2.26. The minimum absolute atomic E-state index is 0.229. The first-order valence-corrected chi connectivity index (χ1v) is 9.92. The lowest BCUT2D eigenvalue weighted by Crippen LogP contribution is -2.19. The van der Waals surface area contributed by atoms with E-state index in [1.165, 1.54) is 0 Å². The third-order valence-electron chi connectivity index (χ3n) is 4.77. The fraction of sp³-hybridized carbons (Fsp3) is 0.474. The predicted molar refractivity (Wildman–Crippen MR) is 112 cm³/mol. The standard InChI is InChI=1S/C19H26N6OS/c1-4-5-15-14(9-21-3)24-18(27-15)16-11(2)22-19(20)25-17(16)23-13-7-6-12(8-13)10-26/h4,9,12-13,26H,1,5-8,10H2,2-3H3,(H3,20,22,23,25). The number of rotatable bonds is 7. The van der Waals surface area contributed by atoms with Crippen LogP contribution in [-0.4, -0.2) is 46.0 Å². The van der Waals surface area contributed by atoms with Crippen molar-refractivity contribution in [3.63, 3.8) is 0 Å². The number of aromatic nitrogens is 3. The van der Waals surface area contributed by atoms with Crippen LogP contribution in [0.3, 0.4) is 0 Å². The summed E-state index contributed by atoms with van der Waals surface area (Å²) in [6.45, 7) is 5.98. The van der Waals surface area contributed by atoms with E-state index in [1.54, 1.807) is 24.6 Å². The van der Waals surface area contributed by atoms with Crippen LogP contribution in [0.1, 0.15) is 35.5 Å². The molecule has 1 fully saturated rings. The Balaban J connectivity index is 2.00. The molecule has 2 aromatic heterocycles. The van der Waals surface area contributed by atoms with Crippen molar-refractivity contribution in [1.82, 2.24) is 15.0 Å². The number of aliphatic hydroxyl groups excluding tert-OH is 1. The first kappa shape index (κ1) is 19.4. The molecule has 0 aliphatic heterocycles. The van der Waals surface area contributed by atoms with Gasteiger partial charge in [0, 0.05) is 37.2 Å². The Morgan fingerprint density at radius 2 is 2.19 bits per heavy atom. The number of thiazole rings is 1. The van der Waals surface area contributed by atoms with E-state index in [9.17, 15) is 5.11 Å². The number of aliphatic hydroxyl groups is 1. The second-order valence-electron chi connectivity index (χ2n) is 6.80. The molecular weight excluding hydrogens is 360 g/mol. The van der Waals surface area contributed by atoms with Crippen LogP contribution in [0.15, 0.2) is 17.6 Å². The van der Waals surface area contributed by atoms with Gasteiger partial charge in [0.2, 0.25) is 5.95 Å². The molecule has 0 bridgehead atoms. The molecule has 1 saturated carbocycles.